The van der Waals surface area contributed by atoms with Gasteiger partial charge >= 0.3 is 0 Å². The van der Waals surface area contributed by atoms with Crippen LogP contribution in [0, 0.1) is 5.92 Å². The van der Waals surface area contributed by atoms with Gasteiger partial charge in [0.05, 0.1) is 0 Å². The number of hydrogen-bond acceptors (Lipinski definition) is 6. The predicted octanol–water partition coefficient (Wildman–Crippen LogP) is 2.12. The number of aromatic nitrogens is 3. The van der Waals surface area contributed by atoms with Crippen LogP contribution in [0.3, 0.4) is 0 Å². The molecule has 1 atom stereocenters. The van der Waals surface area contributed by atoms with Crippen molar-refractivity contribution in [2.24, 2.45) is 5.92 Å². The monoisotopic (exact) mass is 312 g/mol. The number of rotatable bonds is 6. The van der Waals surface area contributed by atoms with E-state index < -0.39 is 0 Å². The third-order valence-corrected chi connectivity index (χ3v) is 3.84. The molecule has 118 valence electrons. The number of likely N-dealkylation sites (N-methyl/N-ethyl adjacent to an activating group) is 1. The first-order valence-electron chi connectivity index (χ1n) is 7.53. The van der Waals surface area contributed by atoms with Crippen LogP contribution in [0.15, 0.2) is 0 Å². The maximum Gasteiger partial charge on any atom is 0.231 e. The third-order valence-electron chi connectivity index (χ3n) is 3.67. The number of hydrogen-bond donors (Lipinski definition) is 1. The lowest BCUT2D eigenvalue weighted by Crippen LogP contribution is -2.37. The first-order chi connectivity index (χ1) is 9.95. The Bertz CT molecular complexity index is 459. The molecule has 0 saturated carbocycles. The van der Waals surface area contributed by atoms with E-state index in [4.69, 9.17) is 11.6 Å². The van der Waals surface area contributed by atoms with E-state index in [1.54, 1.807) is 0 Å². The van der Waals surface area contributed by atoms with Crippen LogP contribution >= 0.6 is 11.6 Å². The minimum Gasteiger partial charge on any atom is -0.350 e. The van der Waals surface area contributed by atoms with E-state index in [2.05, 4.69) is 58.0 Å². The summed E-state index contributed by atoms with van der Waals surface area (Å²) in [6.07, 6.45) is 2.36. The molecule has 0 aliphatic carbocycles. The molecule has 1 unspecified atom stereocenters. The van der Waals surface area contributed by atoms with Crippen LogP contribution in [-0.2, 0) is 0 Å². The van der Waals surface area contributed by atoms with Gasteiger partial charge in [0.2, 0.25) is 17.2 Å². The summed E-state index contributed by atoms with van der Waals surface area (Å²) in [5, 5.41) is 3.65. The maximum atomic E-state index is 6.06. The molecule has 6 nitrogen and oxygen atoms in total. The van der Waals surface area contributed by atoms with Crippen LogP contribution in [-0.4, -0.2) is 59.6 Å². The summed E-state index contributed by atoms with van der Waals surface area (Å²) < 4.78 is 0. The van der Waals surface area contributed by atoms with E-state index in [1.807, 2.05) is 0 Å². The Morgan fingerprint density at radius 1 is 1.19 bits per heavy atom. The molecule has 2 heterocycles. The zero-order valence-corrected chi connectivity index (χ0v) is 14.1. The van der Waals surface area contributed by atoms with Gasteiger partial charge in [0.25, 0.3) is 0 Å². The summed E-state index contributed by atoms with van der Waals surface area (Å²) in [5.41, 5.74) is 0. The lowest BCUT2D eigenvalue weighted by Gasteiger charge is -2.26. The second-order valence-electron chi connectivity index (χ2n) is 6.18. The molecular formula is C14H25ClN6. The lowest BCUT2D eigenvalue weighted by atomic mass is 10.0. The molecule has 7 heteroatoms. The summed E-state index contributed by atoms with van der Waals surface area (Å²) in [4.78, 5) is 17.3. The molecule has 1 aromatic rings. The highest BCUT2D eigenvalue weighted by Gasteiger charge is 2.19. The Hall–Kier alpha value is -1.14. The summed E-state index contributed by atoms with van der Waals surface area (Å²) in [6, 6.07) is 0.268. The topological polar surface area (TPSA) is 57.2 Å². The SMILES string of the molecule is CC(C)C(CN(C)C)Nc1nc(Cl)nc(N2CCCC2)n1. The fourth-order valence-electron chi connectivity index (χ4n) is 2.45. The first-order valence-corrected chi connectivity index (χ1v) is 7.91. The van der Waals surface area contributed by atoms with E-state index in [1.165, 1.54) is 12.8 Å². The molecule has 1 saturated heterocycles. The second kappa shape index (κ2) is 7.22. The lowest BCUT2D eigenvalue weighted by molar-refractivity contribution is 0.343. The van der Waals surface area contributed by atoms with Gasteiger partial charge < -0.3 is 15.1 Å². The minimum absolute atomic E-state index is 0.252. The van der Waals surface area contributed by atoms with Gasteiger partial charge in [-0.05, 0) is 44.5 Å². The zero-order chi connectivity index (χ0) is 15.4. The summed E-state index contributed by atoms with van der Waals surface area (Å²) in [6.45, 7) is 7.27. The molecule has 1 aliphatic rings. The summed E-state index contributed by atoms with van der Waals surface area (Å²) in [5.74, 6) is 1.72. The van der Waals surface area contributed by atoms with E-state index in [0.717, 1.165) is 19.6 Å². The fourth-order valence-corrected chi connectivity index (χ4v) is 2.60. The molecule has 0 amide bonds. The van der Waals surface area contributed by atoms with Gasteiger partial charge in [-0.1, -0.05) is 13.8 Å². The quantitative estimate of drug-likeness (QED) is 0.868. The fraction of sp³-hybridized carbons (Fsp3) is 0.786. The van der Waals surface area contributed by atoms with Gasteiger partial charge in [-0.2, -0.15) is 15.0 Å². The van der Waals surface area contributed by atoms with E-state index >= 15 is 0 Å². The Balaban J connectivity index is 2.14. The number of nitrogens with zero attached hydrogens (tertiary/aromatic N) is 5. The van der Waals surface area contributed by atoms with Crippen molar-refractivity contribution >= 4 is 23.5 Å². The zero-order valence-electron chi connectivity index (χ0n) is 13.3. The number of nitrogens with one attached hydrogen (secondary N) is 1. The van der Waals surface area contributed by atoms with Crippen molar-refractivity contribution in [1.82, 2.24) is 19.9 Å². The van der Waals surface area contributed by atoms with Crippen LogP contribution in [0.1, 0.15) is 26.7 Å². The van der Waals surface area contributed by atoms with Crippen LogP contribution in [0.2, 0.25) is 5.28 Å². The Kier molecular flexibility index (Phi) is 5.58. The van der Waals surface area contributed by atoms with Gasteiger partial charge in [0.1, 0.15) is 0 Å². The molecule has 1 aliphatic heterocycles. The Labute approximate surface area is 131 Å². The molecule has 2 rings (SSSR count). The molecule has 1 fully saturated rings. The summed E-state index contributed by atoms with van der Waals surface area (Å²) >= 11 is 6.06. The van der Waals surface area contributed by atoms with Crippen LogP contribution in [0.4, 0.5) is 11.9 Å². The summed E-state index contributed by atoms with van der Waals surface area (Å²) in [7, 11) is 4.13. The van der Waals surface area contributed by atoms with Crippen molar-refractivity contribution in [2.45, 2.75) is 32.7 Å². The van der Waals surface area contributed by atoms with Gasteiger partial charge in [-0.25, -0.2) is 0 Å². The second-order valence-corrected chi connectivity index (χ2v) is 6.52. The third kappa shape index (κ3) is 4.68. The molecule has 21 heavy (non-hydrogen) atoms. The number of anilines is 2. The molecule has 0 bridgehead atoms. The van der Waals surface area contributed by atoms with Gasteiger partial charge in [0, 0.05) is 25.7 Å². The largest absolute Gasteiger partial charge is 0.350 e. The van der Waals surface area contributed by atoms with Crippen LogP contribution in [0.5, 0.6) is 0 Å². The van der Waals surface area contributed by atoms with Crippen molar-refractivity contribution in [3.05, 3.63) is 5.28 Å². The molecule has 1 aromatic heterocycles. The standard InChI is InChI=1S/C14H25ClN6/c1-10(2)11(9-20(3)4)16-13-17-12(15)18-14(19-13)21-7-5-6-8-21/h10-11H,5-9H2,1-4H3,(H,16,17,18,19). The average molecular weight is 313 g/mol. The van der Waals surface area contributed by atoms with Gasteiger partial charge in [0.15, 0.2) is 0 Å². The Morgan fingerprint density at radius 3 is 2.43 bits per heavy atom. The van der Waals surface area contributed by atoms with Crippen molar-refractivity contribution in [3.8, 4) is 0 Å². The molecular weight excluding hydrogens is 288 g/mol. The van der Waals surface area contributed by atoms with E-state index in [-0.39, 0.29) is 11.3 Å². The van der Waals surface area contributed by atoms with Crippen LogP contribution in [0.25, 0.3) is 0 Å². The van der Waals surface area contributed by atoms with Gasteiger partial charge in [-0.15, -0.1) is 0 Å². The van der Waals surface area contributed by atoms with Crippen molar-refractivity contribution in [1.29, 1.82) is 0 Å². The highest BCUT2D eigenvalue weighted by molar-refractivity contribution is 6.28. The van der Waals surface area contributed by atoms with Gasteiger partial charge in [-0.3, -0.25) is 0 Å². The average Bonchev–Trinajstić information content (AvgIpc) is 2.90. The molecule has 0 aromatic carbocycles. The predicted molar refractivity (Wildman–Crippen MR) is 87.1 cm³/mol. The highest BCUT2D eigenvalue weighted by atomic mass is 35.5. The normalized spacial score (nSPS) is 16.8. The molecule has 0 radical (unpaired) electrons. The van der Waals surface area contributed by atoms with E-state index in [9.17, 15) is 0 Å². The van der Waals surface area contributed by atoms with Crippen LogP contribution < -0.4 is 10.2 Å². The first kappa shape index (κ1) is 16.2. The molecule has 0 spiro atoms. The minimum atomic E-state index is 0.252. The van der Waals surface area contributed by atoms with Crippen molar-refractivity contribution in [2.75, 3.05) is 43.9 Å². The Morgan fingerprint density at radius 2 is 1.86 bits per heavy atom. The van der Waals surface area contributed by atoms with Crippen molar-refractivity contribution < 1.29 is 0 Å². The number of halogens is 1. The highest BCUT2D eigenvalue weighted by Crippen LogP contribution is 2.19. The molecule has 1 N–H and O–H groups in total. The maximum absolute atomic E-state index is 6.06. The smallest absolute Gasteiger partial charge is 0.231 e. The van der Waals surface area contributed by atoms with Crippen molar-refractivity contribution in [3.63, 3.8) is 0 Å². The van der Waals surface area contributed by atoms with E-state index in [0.29, 0.717) is 17.8 Å².